The number of rotatable bonds is 6. The number of fused-ring (bicyclic) bond motifs is 1. The minimum atomic E-state index is -0.256. The van der Waals surface area contributed by atoms with Crippen molar-refractivity contribution in [2.24, 2.45) is 0 Å². The molecule has 29 heavy (non-hydrogen) atoms. The van der Waals surface area contributed by atoms with E-state index >= 15 is 0 Å². The largest absolute Gasteiger partial charge is 0.394 e. The monoisotopic (exact) mass is 415 g/mol. The highest BCUT2D eigenvalue weighted by molar-refractivity contribution is 7.17. The molecule has 0 saturated carbocycles. The fraction of sp³-hybridized carbons (Fsp3) is 0.450. The Morgan fingerprint density at radius 2 is 2.14 bits per heavy atom. The van der Waals surface area contributed by atoms with Crippen molar-refractivity contribution in [1.29, 1.82) is 0 Å². The van der Waals surface area contributed by atoms with Gasteiger partial charge in [0.2, 0.25) is 0 Å². The van der Waals surface area contributed by atoms with Gasteiger partial charge in [-0.2, -0.15) is 0 Å². The maximum Gasteiger partial charge on any atom is 0.263 e. The number of nitrogens with zero attached hydrogens (tertiary/aromatic N) is 4. The minimum absolute atomic E-state index is 0.0859. The number of benzene rings is 1. The molecule has 1 aliphatic heterocycles. The molecule has 1 saturated heterocycles. The van der Waals surface area contributed by atoms with Crippen LogP contribution in [0.25, 0.3) is 21.7 Å². The summed E-state index contributed by atoms with van der Waals surface area (Å²) in [5.41, 5.74) is 2.48. The summed E-state index contributed by atoms with van der Waals surface area (Å²) < 4.78 is 5.57. The van der Waals surface area contributed by atoms with Crippen LogP contribution in [-0.4, -0.2) is 71.9 Å². The van der Waals surface area contributed by atoms with Crippen molar-refractivity contribution in [1.82, 2.24) is 20.4 Å². The molecule has 1 amide bonds. The van der Waals surface area contributed by atoms with Gasteiger partial charge in [0.15, 0.2) is 5.58 Å². The van der Waals surface area contributed by atoms with Crippen molar-refractivity contribution >= 4 is 33.9 Å². The molecule has 1 atom stereocenters. The molecular weight excluding hydrogens is 390 g/mol. The lowest BCUT2D eigenvalue weighted by atomic mass is 10.1. The van der Waals surface area contributed by atoms with Gasteiger partial charge in [-0.05, 0) is 25.6 Å². The van der Waals surface area contributed by atoms with Crippen LogP contribution in [0, 0.1) is 0 Å². The molecule has 4 rings (SSSR count). The molecule has 2 aromatic heterocycles. The summed E-state index contributed by atoms with van der Waals surface area (Å²) in [7, 11) is 2.14. The summed E-state index contributed by atoms with van der Waals surface area (Å²) in [5.74, 6) is -0.236. The van der Waals surface area contributed by atoms with Crippen LogP contribution in [0.1, 0.15) is 23.0 Å². The molecule has 0 unspecified atom stereocenters. The molecule has 1 aliphatic rings. The van der Waals surface area contributed by atoms with Gasteiger partial charge in [0.25, 0.3) is 5.91 Å². The standard InChI is InChI=1S/C20H25N5O3S/c1-3-13(12-26)22-19(27)17-11-21-20(29-17)18-15-5-4-14(10-16(15)28-23-18)25-8-6-24(2)7-9-25/h4-5,10-11,13,26H,3,6-9,12H2,1-2H3,(H,22,27)/t13-/m1/s1. The summed E-state index contributed by atoms with van der Waals surface area (Å²) in [6, 6.07) is 5.86. The van der Waals surface area contributed by atoms with Crippen molar-refractivity contribution in [2.75, 3.05) is 44.7 Å². The second kappa shape index (κ2) is 8.48. The summed E-state index contributed by atoms with van der Waals surface area (Å²) in [4.78, 5) is 21.9. The van der Waals surface area contributed by atoms with Crippen LogP contribution in [-0.2, 0) is 0 Å². The average Bonchev–Trinajstić information content (AvgIpc) is 3.39. The quantitative estimate of drug-likeness (QED) is 0.637. The molecule has 154 valence electrons. The second-order valence-electron chi connectivity index (χ2n) is 7.29. The van der Waals surface area contributed by atoms with Gasteiger partial charge in [-0.3, -0.25) is 4.79 Å². The highest BCUT2D eigenvalue weighted by Gasteiger charge is 2.20. The number of piperazine rings is 1. The molecule has 1 aromatic carbocycles. The van der Waals surface area contributed by atoms with E-state index in [1.54, 1.807) is 6.20 Å². The third-order valence-corrected chi connectivity index (χ3v) is 6.31. The van der Waals surface area contributed by atoms with Gasteiger partial charge >= 0.3 is 0 Å². The van der Waals surface area contributed by atoms with Gasteiger partial charge in [0.1, 0.15) is 15.6 Å². The molecule has 0 spiro atoms. The first-order chi connectivity index (χ1) is 14.1. The van der Waals surface area contributed by atoms with Crippen molar-refractivity contribution in [3.8, 4) is 10.7 Å². The Kier molecular flexibility index (Phi) is 5.79. The van der Waals surface area contributed by atoms with Crippen LogP contribution < -0.4 is 10.2 Å². The first-order valence-electron chi connectivity index (χ1n) is 9.80. The number of aliphatic hydroxyl groups is 1. The molecule has 1 fully saturated rings. The van der Waals surface area contributed by atoms with Gasteiger partial charge in [-0.25, -0.2) is 4.98 Å². The van der Waals surface area contributed by atoms with E-state index in [0.717, 1.165) is 37.3 Å². The van der Waals surface area contributed by atoms with E-state index in [0.29, 0.717) is 27.6 Å². The third-order valence-electron chi connectivity index (χ3n) is 5.30. The highest BCUT2D eigenvalue weighted by atomic mass is 32.1. The highest BCUT2D eigenvalue weighted by Crippen LogP contribution is 2.33. The van der Waals surface area contributed by atoms with Crippen molar-refractivity contribution < 1.29 is 14.4 Å². The van der Waals surface area contributed by atoms with Gasteiger partial charge in [-0.15, -0.1) is 11.3 Å². The molecule has 0 aliphatic carbocycles. The molecule has 9 heteroatoms. The summed E-state index contributed by atoms with van der Waals surface area (Å²) in [6.45, 7) is 5.88. The number of anilines is 1. The molecule has 0 radical (unpaired) electrons. The van der Waals surface area contributed by atoms with E-state index < -0.39 is 0 Å². The van der Waals surface area contributed by atoms with Gasteiger partial charge in [0, 0.05) is 37.9 Å². The predicted octanol–water partition coefficient (Wildman–Crippen LogP) is 2.20. The summed E-state index contributed by atoms with van der Waals surface area (Å²) in [6.07, 6.45) is 2.20. The smallest absolute Gasteiger partial charge is 0.263 e. The summed E-state index contributed by atoms with van der Waals surface area (Å²) in [5, 5.41) is 17.8. The van der Waals surface area contributed by atoms with Crippen LogP contribution in [0.4, 0.5) is 5.69 Å². The fourth-order valence-corrected chi connectivity index (χ4v) is 4.18. The number of carbonyl (C=O) groups excluding carboxylic acids is 1. The zero-order valence-electron chi connectivity index (χ0n) is 16.6. The van der Waals surface area contributed by atoms with E-state index in [2.05, 4.69) is 38.4 Å². The van der Waals surface area contributed by atoms with Crippen LogP contribution in [0.15, 0.2) is 28.9 Å². The van der Waals surface area contributed by atoms with Crippen LogP contribution in [0.2, 0.25) is 0 Å². The topological polar surface area (TPSA) is 94.7 Å². The lowest BCUT2D eigenvalue weighted by Gasteiger charge is -2.33. The lowest BCUT2D eigenvalue weighted by molar-refractivity contribution is 0.0919. The number of likely N-dealkylation sites (N-methyl/N-ethyl adjacent to an activating group) is 1. The Morgan fingerprint density at radius 1 is 1.34 bits per heavy atom. The normalized spacial score (nSPS) is 16.3. The SMILES string of the molecule is CC[C@H](CO)NC(=O)c1cnc(-c2noc3cc(N4CCN(C)CC4)ccc23)s1. The number of thiazole rings is 1. The Bertz CT molecular complexity index is 989. The van der Waals surface area contributed by atoms with Gasteiger partial charge < -0.3 is 24.7 Å². The molecular formula is C20H25N5O3S. The first kappa shape index (κ1) is 19.8. The van der Waals surface area contributed by atoms with Gasteiger partial charge in [0.05, 0.1) is 24.2 Å². The molecule has 0 bridgehead atoms. The maximum absolute atomic E-state index is 12.4. The predicted molar refractivity (Wildman–Crippen MR) is 113 cm³/mol. The fourth-order valence-electron chi connectivity index (χ4n) is 3.36. The number of aliphatic hydroxyl groups excluding tert-OH is 1. The molecule has 3 heterocycles. The van der Waals surface area contributed by atoms with Crippen molar-refractivity contribution in [2.45, 2.75) is 19.4 Å². The van der Waals surface area contributed by atoms with Crippen LogP contribution in [0.5, 0.6) is 0 Å². The second-order valence-corrected chi connectivity index (χ2v) is 8.32. The van der Waals surface area contributed by atoms with E-state index in [1.807, 2.05) is 19.1 Å². The average molecular weight is 416 g/mol. The summed E-state index contributed by atoms with van der Waals surface area (Å²) >= 11 is 1.27. The van der Waals surface area contributed by atoms with E-state index in [9.17, 15) is 9.90 Å². The number of aromatic nitrogens is 2. The number of hydrogen-bond acceptors (Lipinski definition) is 8. The Morgan fingerprint density at radius 3 is 2.86 bits per heavy atom. The zero-order chi connectivity index (χ0) is 20.4. The number of hydrogen-bond donors (Lipinski definition) is 2. The molecule has 2 N–H and O–H groups in total. The molecule has 3 aromatic rings. The van der Waals surface area contributed by atoms with Crippen LogP contribution in [0.3, 0.4) is 0 Å². The van der Waals surface area contributed by atoms with Crippen LogP contribution >= 0.6 is 11.3 Å². The Hall–Kier alpha value is -2.49. The lowest BCUT2D eigenvalue weighted by Crippen LogP contribution is -2.44. The maximum atomic E-state index is 12.4. The first-order valence-corrected chi connectivity index (χ1v) is 10.6. The third kappa shape index (κ3) is 4.12. The van der Waals surface area contributed by atoms with E-state index in [1.165, 1.54) is 11.3 Å². The van der Waals surface area contributed by atoms with Crippen molar-refractivity contribution in [3.63, 3.8) is 0 Å². The number of nitrogens with one attached hydrogen (secondary N) is 1. The minimum Gasteiger partial charge on any atom is -0.394 e. The number of amides is 1. The van der Waals surface area contributed by atoms with Crippen molar-refractivity contribution in [3.05, 3.63) is 29.3 Å². The van der Waals surface area contributed by atoms with Gasteiger partial charge in [-0.1, -0.05) is 12.1 Å². The Labute approximate surface area is 173 Å². The van der Waals surface area contributed by atoms with E-state index in [4.69, 9.17) is 4.52 Å². The number of carbonyl (C=O) groups is 1. The Balaban J connectivity index is 1.54. The zero-order valence-corrected chi connectivity index (χ0v) is 17.4. The van der Waals surface area contributed by atoms with E-state index in [-0.39, 0.29) is 18.6 Å². The molecule has 8 nitrogen and oxygen atoms in total.